The number of para-hydroxylation sites is 1. The average molecular weight is 464 g/mol. The molecule has 1 aromatic heterocycles. The molecule has 0 bridgehead atoms. The number of aromatic nitrogens is 1. The lowest BCUT2D eigenvalue weighted by Crippen LogP contribution is -2.54. The molecule has 1 fully saturated rings. The summed E-state index contributed by atoms with van der Waals surface area (Å²) in [5, 5.41) is 3.55. The normalized spacial score (nSPS) is 15.7. The van der Waals surface area contributed by atoms with Gasteiger partial charge in [-0.25, -0.2) is 0 Å². The molecule has 3 aromatic rings. The highest BCUT2D eigenvalue weighted by Gasteiger charge is 2.34. The van der Waals surface area contributed by atoms with Gasteiger partial charge in [0.2, 0.25) is 0 Å². The molecule has 0 saturated carbocycles. The molecular formula is C22H14BrN3O2S. The number of benzene rings is 2. The monoisotopic (exact) mass is 463 g/mol. The van der Waals surface area contributed by atoms with E-state index in [1.54, 1.807) is 30.3 Å². The van der Waals surface area contributed by atoms with Gasteiger partial charge in [-0.2, -0.15) is 0 Å². The number of amides is 2. The van der Waals surface area contributed by atoms with Crippen LogP contribution in [0.2, 0.25) is 0 Å². The first kappa shape index (κ1) is 19.1. The number of hydrogen-bond acceptors (Lipinski definition) is 3. The maximum Gasteiger partial charge on any atom is 0.270 e. The minimum absolute atomic E-state index is 0.00475. The average Bonchev–Trinajstić information content (AvgIpc) is 3.04. The Kier molecular flexibility index (Phi) is 5.05. The van der Waals surface area contributed by atoms with Gasteiger partial charge in [-0.3, -0.25) is 19.8 Å². The molecule has 0 unspecified atom stereocenters. The number of fused-ring (bicyclic) bond motifs is 1. The summed E-state index contributed by atoms with van der Waals surface area (Å²) in [6.45, 7) is 0.388. The largest absolute Gasteiger partial charge is 0.335 e. The summed E-state index contributed by atoms with van der Waals surface area (Å²) in [4.78, 5) is 27.0. The molecule has 0 atom stereocenters. The summed E-state index contributed by atoms with van der Waals surface area (Å²) in [6, 6.07) is 14.8. The maximum atomic E-state index is 13.2. The summed E-state index contributed by atoms with van der Waals surface area (Å²) < 4.78 is 2.78. The zero-order chi connectivity index (χ0) is 20.5. The van der Waals surface area contributed by atoms with Gasteiger partial charge >= 0.3 is 0 Å². The van der Waals surface area contributed by atoms with Gasteiger partial charge in [0.25, 0.3) is 11.8 Å². The number of anilines is 1. The number of thiocarbonyl (C=S) groups is 1. The van der Waals surface area contributed by atoms with E-state index < -0.39 is 11.8 Å². The highest BCUT2D eigenvalue weighted by Crippen LogP contribution is 2.27. The van der Waals surface area contributed by atoms with Crippen LogP contribution in [-0.4, -0.2) is 21.5 Å². The zero-order valence-electron chi connectivity index (χ0n) is 15.1. The van der Waals surface area contributed by atoms with Gasteiger partial charge in [-0.15, -0.1) is 6.42 Å². The second-order valence-electron chi connectivity index (χ2n) is 6.37. The zero-order valence-corrected chi connectivity index (χ0v) is 17.5. The van der Waals surface area contributed by atoms with E-state index in [1.807, 2.05) is 35.0 Å². The summed E-state index contributed by atoms with van der Waals surface area (Å²) in [7, 11) is 0. The van der Waals surface area contributed by atoms with Crippen LogP contribution in [0.1, 0.15) is 5.56 Å². The van der Waals surface area contributed by atoms with E-state index in [0.717, 1.165) is 20.9 Å². The lowest BCUT2D eigenvalue weighted by Gasteiger charge is -2.28. The second kappa shape index (κ2) is 7.66. The first-order chi connectivity index (χ1) is 14.0. The molecule has 29 heavy (non-hydrogen) atoms. The quantitative estimate of drug-likeness (QED) is 0.277. The third-order valence-corrected chi connectivity index (χ3v) is 5.38. The van der Waals surface area contributed by atoms with Crippen LogP contribution in [0.3, 0.4) is 0 Å². The second-order valence-corrected chi connectivity index (χ2v) is 7.67. The van der Waals surface area contributed by atoms with E-state index in [-0.39, 0.29) is 10.7 Å². The number of nitrogens with one attached hydrogen (secondary N) is 1. The third-order valence-electron chi connectivity index (χ3n) is 4.57. The first-order valence-corrected chi connectivity index (χ1v) is 9.88. The van der Waals surface area contributed by atoms with Crippen molar-refractivity contribution in [2.24, 2.45) is 0 Å². The lowest BCUT2D eigenvalue weighted by molar-refractivity contribution is -0.122. The Labute approximate surface area is 181 Å². The molecule has 142 valence electrons. The predicted molar refractivity (Wildman–Crippen MR) is 121 cm³/mol. The van der Waals surface area contributed by atoms with Gasteiger partial charge in [-0.05, 0) is 48.6 Å². The van der Waals surface area contributed by atoms with E-state index in [1.165, 1.54) is 4.90 Å². The fourth-order valence-corrected chi connectivity index (χ4v) is 3.80. The van der Waals surface area contributed by atoms with E-state index in [9.17, 15) is 9.59 Å². The predicted octanol–water partition coefficient (Wildman–Crippen LogP) is 3.87. The Hall–Kier alpha value is -3.21. The highest BCUT2D eigenvalue weighted by atomic mass is 79.9. The smallest absolute Gasteiger partial charge is 0.270 e. The lowest BCUT2D eigenvalue weighted by atomic mass is 10.1. The van der Waals surface area contributed by atoms with Crippen LogP contribution in [0.5, 0.6) is 0 Å². The van der Waals surface area contributed by atoms with Crippen molar-refractivity contribution in [1.29, 1.82) is 0 Å². The molecule has 1 N–H and O–H groups in total. The SMILES string of the molecule is C#CCn1cc(C=C2C(=O)NC(=S)N(c3ccc(Br)cc3)C2=O)c2ccccc21. The molecular weight excluding hydrogens is 450 g/mol. The molecule has 5 nitrogen and oxygen atoms in total. The van der Waals surface area contributed by atoms with Crippen LogP contribution >= 0.6 is 28.1 Å². The van der Waals surface area contributed by atoms with Crippen LogP contribution in [0.15, 0.2) is 64.8 Å². The van der Waals surface area contributed by atoms with E-state index in [4.69, 9.17) is 18.6 Å². The topological polar surface area (TPSA) is 54.3 Å². The number of carbonyl (C=O) groups is 2. The van der Waals surface area contributed by atoms with Crippen LogP contribution in [0.25, 0.3) is 17.0 Å². The first-order valence-electron chi connectivity index (χ1n) is 8.68. The summed E-state index contributed by atoms with van der Waals surface area (Å²) in [5.74, 6) is 1.61. The number of rotatable bonds is 3. The standard InChI is InChI=1S/C22H14BrN3O2S/c1-2-11-25-13-14(17-5-3-4-6-19(17)25)12-18-20(27)24-22(29)26(21(18)28)16-9-7-15(23)8-10-16/h1,3-10,12-13H,11H2,(H,24,27,29). The van der Waals surface area contributed by atoms with Gasteiger partial charge in [0, 0.05) is 27.1 Å². The van der Waals surface area contributed by atoms with Crippen LogP contribution in [-0.2, 0) is 16.1 Å². The molecule has 1 aliphatic rings. The highest BCUT2D eigenvalue weighted by molar-refractivity contribution is 9.10. The Morgan fingerprint density at radius 1 is 1.14 bits per heavy atom. The van der Waals surface area contributed by atoms with Crippen molar-refractivity contribution in [3.63, 3.8) is 0 Å². The summed E-state index contributed by atoms with van der Waals surface area (Å²) >= 11 is 8.61. The number of nitrogens with zero attached hydrogens (tertiary/aromatic N) is 2. The van der Waals surface area contributed by atoms with Crippen LogP contribution in [0, 0.1) is 12.3 Å². The summed E-state index contributed by atoms with van der Waals surface area (Å²) in [6.07, 6.45) is 8.90. The van der Waals surface area contributed by atoms with Crippen LogP contribution in [0.4, 0.5) is 5.69 Å². The Bertz CT molecular complexity index is 1240. The number of halogens is 1. The number of carbonyl (C=O) groups excluding carboxylic acids is 2. The molecule has 2 heterocycles. The van der Waals surface area contributed by atoms with Crippen molar-refractivity contribution in [3.05, 3.63) is 70.3 Å². The maximum absolute atomic E-state index is 13.2. The minimum atomic E-state index is -0.526. The molecule has 2 aromatic carbocycles. The molecule has 1 aliphatic heterocycles. The van der Waals surface area contributed by atoms with Gasteiger partial charge in [0.1, 0.15) is 5.57 Å². The molecule has 0 spiro atoms. The van der Waals surface area contributed by atoms with Crippen LogP contribution < -0.4 is 10.2 Å². The van der Waals surface area contributed by atoms with Crippen molar-refractivity contribution in [3.8, 4) is 12.3 Å². The minimum Gasteiger partial charge on any atom is -0.335 e. The number of terminal acetylenes is 1. The van der Waals surface area contributed by atoms with Gasteiger partial charge < -0.3 is 4.57 Å². The van der Waals surface area contributed by atoms with Crippen molar-refractivity contribution < 1.29 is 9.59 Å². The fourth-order valence-electron chi connectivity index (χ4n) is 3.26. The summed E-state index contributed by atoms with van der Waals surface area (Å²) in [5.41, 5.74) is 2.24. The van der Waals surface area contributed by atoms with Gasteiger partial charge in [-0.1, -0.05) is 40.0 Å². The Morgan fingerprint density at radius 3 is 2.59 bits per heavy atom. The van der Waals surface area contributed by atoms with Crippen molar-refractivity contribution >= 4 is 67.7 Å². The molecule has 0 radical (unpaired) electrons. The molecule has 2 amide bonds. The third kappa shape index (κ3) is 3.48. The molecule has 1 saturated heterocycles. The van der Waals surface area contributed by atoms with E-state index in [0.29, 0.717) is 12.2 Å². The Morgan fingerprint density at radius 2 is 1.86 bits per heavy atom. The van der Waals surface area contributed by atoms with Gasteiger partial charge in [0.15, 0.2) is 5.11 Å². The van der Waals surface area contributed by atoms with Crippen molar-refractivity contribution in [2.45, 2.75) is 6.54 Å². The van der Waals surface area contributed by atoms with Gasteiger partial charge in [0.05, 0.1) is 12.2 Å². The molecule has 4 rings (SSSR count). The molecule has 0 aliphatic carbocycles. The van der Waals surface area contributed by atoms with Crippen molar-refractivity contribution in [2.75, 3.05) is 4.90 Å². The van der Waals surface area contributed by atoms with E-state index in [2.05, 4.69) is 27.2 Å². The number of hydrogen-bond donors (Lipinski definition) is 1. The van der Waals surface area contributed by atoms with E-state index >= 15 is 0 Å². The fraction of sp³-hybridized carbons (Fsp3) is 0.0455. The Balaban J connectivity index is 1.81. The molecule has 7 heteroatoms. The van der Waals surface area contributed by atoms with Crippen molar-refractivity contribution in [1.82, 2.24) is 9.88 Å².